The molecule has 0 bridgehead atoms. The lowest BCUT2D eigenvalue weighted by molar-refractivity contribution is -0.135. The summed E-state index contributed by atoms with van der Waals surface area (Å²) >= 11 is 0. The smallest absolute Gasteiger partial charge is 0.277 e. The fourth-order valence-electron chi connectivity index (χ4n) is 2.58. The third-order valence-electron chi connectivity index (χ3n) is 3.78. The third kappa shape index (κ3) is 2.88. The van der Waals surface area contributed by atoms with Crippen molar-refractivity contribution in [2.24, 2.45) is 0 Å². The number of nitrogens with zero attached hydrogens (tertiary/aromatic N) is 1. The first kappa shape index (κ1) is 15.8. The normalized spacial score (nSPS) is 14.3. The summed E-state index contributed by atoms with van der Waals surface area (Å²) in [5.74, 6) is 0.0693. The molecule has 2 amide bonds. The third-order valence-corrected chi connectivity index (χ3v) is 3.78. The van der Waals surface area contributed by atoms with Crippen LogP contribution >= 0.6 is 0 Å². The molecule has 2 aromatic carbocycles. The number of carbonyl (C=O) groups excluding carboxylic acids is 2. The van der Waals surface area contributed by atoms with E-state index in [0.717, 1.165) is 16.3 Å². The second-order valence-electron chi connectivity index (χ2n) is 5.37. The van der Waals surface area contributed by atoms with E-state index in [1.54, 1.807) is 24.3 Å². The van der Waals surface area contributed by atoms with Crippen molar-refractivity contribution in [2.75, 3.05) is 19.0 Å². The highest BCUT2D eigenvalue weighted by atomic mass is 16.5. The number of amides is 2. The molecule has 0 saturated carbocycles. The Balaban J connectivity index is 2.01. The molecule has 0 saturated heterocycles. The van der Waals surface area contributed by atoms with Crippen LogP contribution in [0, 0.1) is 0 Å². The number of anilines is 1. The Kier molecular flexibility index (Phi) is 4.33. The van der Waals surface area contributed by atoms with Crippen molar-refractivity contribution in [1.29, 1.82) is 0 Å². The first-order valence-electron chi connectivity index (χ1n) is 7.73. The SMILES string of the molecule is CCOc1ccc(C2=C(Nc3ccccc3)C(=O)N(C)C2=O)cc1. The van der Waals surface area contributed by atoms with Gasteiger partial charge in [0, 0.05) is 12.7 Å². The van der Waals surface area contributed by atoms with Gasteiger partial charge in [0.15, 0.2) is 0 Å². The van der Waals surface area contributed by atoms with E-state index in [9.17, 15) is 9.59 Å². The molecule has 1 aliphatic rings. The number of para-hydroxylation sites is 1. The Labute approximate surface area is 140 Å². The minimum atomic E-state index is -0.340. The number of nitrogens with one attached hydrogen (secondary N) is 1. The quantitative estimate of drug-likeness (QED) is 0.860. The molecule has 0 radical (unpaired) electrons. The van der Waals surface area contributed by atoms with Gasteiger partial charge in [-0.25, -0.2) is 0 Å². The van der Waals surface area contributed by atoms with Crippen molar-refractivity contribution in [1.82, 2.24) is 4.90 Å². The number of hydrogen-bond acceptors (Lipinski definition) is 4. The van der Waals surface area contributed by atoms with E-state index in [2.05, 4.69) is 5.32 Å². The summed E-state index contributed by atoms with van der Waals surface area (Å²) < 4.78 is 5.42. The van der Waals surface area contributed by atoms with Crippen LogP contribution in [0.15, 0.2) is 60.3 Å². The monoisotopic (exact) mass is 322 g/mol. The highest BCUT2D eigenvalue weighted by molar-refractivity contribution is 6.36. The van der Waals surface area contributed by atoms with Gasteiger partial charge < -0.3 is 10.1 Å². The van der Waals surface area contributed by atoms with Gasteiger partial charge in [-0.05, 0) is 36.8 Å². The van der Waals surface area contributed by atoms with E-state index in [-0.39, 0.29) is 17.5 Å². The average Bonchev–Trinajstić information content (AvgIpc) is 2.81. The zero-order valence-corrected chi connectivity index (χ0v) is 13.6. The van der Waals surface area contributed by atoms with Crippen molar-refractivity contribution >= 4 is 23.1 Å². The molecule has 0 spiro atoms. The van der Waals surface area contributed by atoms with E-state index in [1.807, 2.05) is 37.3 Å². The molecule has 0 atom stereocenters. The summed E-state index contributed by atoms with van der Waals surface area (Å²) in [6, 6.07) is 16.5. The van der Waals surface area contributed by atoms with Gasteiger partial charge in [0.2, 0.25) is 0 Å². The predicted octanol–water partition coefficient (Wildman–Crippen LogP) is 2.91. The zero-order valence-electron chi connectivity index (χ0n) is 13.6. The molecule has 3 rings (SSSR count). The molecule has 0 aromatic heterocycles. The number of rotatable bonds is 5. The first-order chi connectivity index (χ1) is 11.6. The van der Waals surface area contributed by atoms with E-state index in [1.165, 1.54) is 7.05 Å². The van der Waals surface area contributed by atoms with Gasteiger partial charge in [-0.15, -0.1) is 0 Å². The Morgan fingerprint density at radius 2 is 1.62 bits per heavy atom. The predicted molar refractivity (Wildman–Crippen MR) is 92.4 cm³/mol. The van der Waals surface area contributed by atoms with Crippen molar-refractivity contribution in [3.05, 3.63) is 65.9 Å². The Morgan fingerprint density at radius 3 is 2.25 bits per heavy atom. The van der Waals surface area contributed by atoms with Gasteiger partial charge in [-0.3, -0.25) is 14.5 Å². The Morgan fingerprint density at radius 1 is 0.958 bits per heavy atom. The van der Waals surface area contributed by atoms with Crippen LogP contribution in [0.3, 0.4) is 0 Å². The van der Waals surface area contributed by atoms with Gasteiger partial charge in [0.25, 0.3) is 11.8 Å². The first-order valence-corrected chi connectivity index (χ1v) is 7.73. The van der Waals surface area contributed by atoms with Crippen LogP contribution in [0.5, 0.6) is 5.75 Å². The number of likely N-dealkylation sites (N-methyl/N-ethyl adjacent to an activating group) is 1. The summed E-state index contributed by atoms with van der Waals surface area (Å²) in [4.78, 5) is 26.1. The number of imide groups is 1. The van der Waals surface area contributed by atoms with Crippen LogP contribution in [0.2, 0.25) is 0 Å². The van der Waals surface area contributed by atoms with Crippen LogP contribution in [-0.4, -0.2) is 30.4 Å². The lowest BCUT2D eigenvalue weighted by atomic mass is 10.0. The second kappa shape index (κ2) is 6.58. The molecule has 0 unspecified atom stereocenters. The molecule has 1 N–H and O–H groups in total. The van der Waals surface area contributed by atoms with E-state index < -0.39 is 0 Å². The number of benzene rings is 2. The van der Waals surface area contributed by atoms with Crippen LogP contribution in [0.25, 0.3) is 5.57 Å². The maximum atomic E-state index is 12.5. The zero-order chi connectivity index (χ0) is 17.1. The van der Waals surface area contributed by atoms with Crippen LogP contribution in [-0.2, 0) is 9.59 Å². The number of carbonyl (C=O) groups is 2. The fourth-order valence-corrected chi connectivity index (χ4v) is 2.58. The second-order valence-corrected chi connectivity index (χ2v) is 5.37. The van der Waals surface area contributed by atoms with Crippen LogP contribution < -0.4 is 10.1 Å². The van der Waals surface area contributed by atoms with Crippen LogP contribution in [0.4, 0.5) is 5.69 Å². The highest BCUT2D eigenvalue weighted by Gasteiger charge is 2.36. The lowest BCUT2D eigenvalue weighted by Gasteiger charge is -2.09. The van der Waals surface area contributed by atoms with Gasteiger partial charge >= 0.3 is 0 Å². The Bertz CT molecular complexity index is 795. The molecule has 1 heterocycles. The van der Waals surface area contributed by atoms with E-state index in [4.69, 9.17) is 4.74 Å². The van der Waals surface area contributed by atoms with E-state index >= 15 is 0 Å². The minimum Gasteiger partial charge on any atom is -0.494 e. The average molecular weight is 322 g/mol. The van der Waals surface area contributed by atoms with Gasteiger partial charge in [0.1, 0.15) is 11.4 Å². The minimum absolute atomic E-state index is 0.290. The Hall–Kier alpha value is -3.08. The summed E-state index contributed by atoms with van der Waals surface area (Å²) in [5, 5.41) is 3.08. The summed E-state index contributed by atoms with van der Waals surface area (Å²) in [7, 11) is 1.49. The van der Waals surface area contributed by atoms with E-state index in [0.29, 0.717) is 17.7 Å². The largest absolute Gasteiger partial charge is 0.494 e. The molecule has 5 heteroatoms. The molecule has 1 aliphatic heterocycles. The standard InChI is InChI=1S/C19H18N2O3/c1-3-24-15-11-9-13(10-12-15)16-17(19(23)21(2)18(16)22)20-14-7-5-4-6-8-14/h4-12,20H,3H2,1-2H3. The topological polar surface area (TPSA) is 58.6 Å². The molecule has 0 aliphatic carbocycles. The summed E-state index contributed by atoms with van der Waals surface area (Å²) in [5.41, 5.74) is 2.10. The van der Waals surface area contributed by atoms with Crippen LogP contribution in [0.1, 0.15) is 12.5 Å². The molecular weight excluding hydrogens is 304 g/mol. The lowest BCUT2D eigenvalue weighted by Crippen LogP contribution is -2.27. The molecule has 2 aromatic rings. The fraction of sp³-hybridized carbons (Fsp3) is 0.158. The number of ether oxygens (including phenoxy) is 1. The highest BCUT2D eigenvalue weighted by Crippen LogP contribution is 2.30. The van der Waals surface area contributed by atoms with Crippen molar-refractivity contribution in [2.45, 2.75) is 6.92 Å². The van der Waals surface area contributed by atoms with Crippen molar-refractivity contribution in [3.8, 4) is 5.75 Å². The van der Waals surface area contributed by atoms with Crippen molar-refractivity contribution in [3.63, 3.8) is 0 Å². The van der Waals surface area contributed by atoms with Gasteiger partial charge in [0.05, 0.1) is 12.2 Å². The molecule has 5 nitrogen and oxygen atoms in total. The van der Waals surface area contributed by atoms with Crippen molar-refractivity contribution < 1.29 is 14.3 Å². The molecule has 24 heavy (non-hydrogen) atoms. The maximum Gasteiger partial charge on any atom is 0.277 e. The molecule has 0 fully saturated rings. The summed E-state index contributed by atoms with van der Waals surface area (Å²) in [6.45, 7) is 2.48. The summed E-state index contributed by atoms with van der Waals surface area (Å²) in [6.07, 6.45) is 0. The maximum absolute atomic E-state index is 12.5. The molecule has 122 valence electrons. The molecular formula is C19H18N2O3. The van der Waals surface area contributed by atoms with Gasteiger partial charge in [-0.1, -0.05) is 30.3 Å². The van der Waals surface area contributed by atoms with Gasteiger partial charge in [-0.2, -0.15) is 0 Å². The number of hydrogen-bond donors (Lipinski definition) is 1.